The summed E-state index contributed by atoms with van der Waals surface area (Å²) in [6.07, 6.45) is 4.94. The first-order chi connectivity index (χ1) is 14.1. The fourth-order valence-electron chi connectivity index (χ4n) is 3.48. The second-order valence-corrected chi connectivity index (χ2v) is 7.77. The molecule has 1 aromatic heterocycles. The Hall–Kier alpha value is -3.26. The average molecular weight is 408 g/mol. The minimum absolute atomic E-state index is 0.0290. The number of carbonyl (C=O) groups excluding carboxylic acids is 1. The number of piperidine rings is 1. The number of amides is 1. The van der Waals surface area contributed by atoms with Gasteiger partial charge >= 0.3 is 0 Å². The Balaban J connectivity index is 1.52. The van der Waals surface area contributed by atoms with Crippen molar-refractivity contribution in [1.82, 2.24) is 4.98 Å². The lowest BCUT2D eigenvalue weighted by atomic mass is 10.1. The van der Waals surface area contributed by atoms with Crippen molar-refractivity contribution in [1.29, 1.82) is 0 Å². The molecule has 0 radical (unpaired) electrons. The Labute approximate surface area is 172 Å². The fraction of sp³-hybridized carbons (Fsp3) is 0.238. The number of nitrogens with zero attached hydrogens (tertiary/aromatic N) is 3. The zero-order valence-electron chi connectivity index (χ0n) is 15.7. The van der Waals surface area contributed by atoms with Crippen LogP contribution in [0.1, 0.15) is 29.6 Å². The molecule has 1 amide bonds. The SMILES string of the molecule is O=C(Nc1ccc(-c2nccs2)cc1)c1ccc(N2CCCCC2)c([N+](=O)[O-])c1. The molecular weight excluding hydrogens is 388 g/mol. The highest BCUT2D eigenvalue weighted by atomic mass is 32.1. The van der Waals surface area contributed by atoms with E-state index in [4.69, 9.17) is 0 Å². The molecule has 2 heterocycles. The topological polar surface area (TPSA) is 88.4 Å². The van der Waals surface area contributed by atoms with E-state index in [-0.39, 0.29) is 17.2 Å². The third kappa shape index (κ3) is 4.27. The van der Waals surface area contributed by atoms with Crippen molar-refractivity contribution >= 4 is 34.3 Å². The molecule has 0 bridgehead atoms. The zero-order chi connectivity index (χ0) is 20.2. The van der Waals surface area contributed by atoms with Gasteiger partial charge in [-0.25, -0.2) is 4.98 Å². The van der Waals surface area contributed by atoms with Gasteiger partial charge in [0, 0.05) is 47.5 Å². The molecule has 0 unspecified atom stereocenters. The van der Waals surface area contributed by atoms with Gasteiger partial charge in [0.15, 0.2) is 0 Å². The van der Waals surface area contributed by atoms with Crippen LogP contribution in [0.5, 0.6) is 0 Å². The van der Waals surface area contributed by atoms with E-state index < -0.39 is 4.92 Å². The summed E-state index contributed by atoms with van der Waals surface area (Å²) in [5.41, 5.74) is 2.41. The summed E-state index contributed by atoms with van der Waals surface area (Å²) in [4.78, 5) is 30.1. The third-order valence-corrected chi connectivity index (χ3v) is 5.78. The monoisotopic (exact) mass is 408 g/mol. The van der Waals surface area contributed by atoms with Crippen LogP contribution in [0.4, 0.5) is 17.1 Å². The summed E-state index contributed by atoms with van der Waals surface area (Å²) in [6.45, 7) is 1.61. The second kappa shape index (κ2) is 8.40. The Morgan fingerprint density at radius 3 is 2.52 bits per heavy atom. The summed E-state index contributed by atoms with van der Waals surface area (Å²) < 4.78 is 0. The summed E-state index contributed by atoms with van der Waals surface area (Å²) >= 11 is 1.54. The number of carbonyl (C=O) groups is 1. The molecule has 4 rings (SSSR count). The van der Waals surface area contributed by atoms with Crippen LogP contribution in [0.15, 0.2) is 54.0 Å². The highest BCUT2D eigenvalue weighted by molar-refractivity contribution is 7.13. The number of nitro benzene ring substituents is 1. The molecule has 3 aromatic rings. The molecule has 148 valence electrons. The molecule has 1 fully saturated rings. The van der Waals surface area contributed by atoms with Gasteiger partial charge in [0.1, 0.15) is 10.7 Å². The number of anilines is 2. The van der Waals surface area contributed by atoms with Crippen molar-refractivity contribution in [2.45, 2.75) is 19.3 Å². The Kier molecular flexibility index (Phi) is 5.53. The lowest BCUT2D eigenvalue weighted by molar-refractivity contribution is -0.384. The molecule has 8 heteroatoms. The van der Waals surface area contributed by atoms with Crippen LogP contribution in [0.3, 0.4) is 0 Å². The van der Waals surface area contributed by atoms with Crippen LogP contribution >= 0.6 is 11.3 Å². The first kappa shape index (κ1) is 19.1. The maximum Gasteiger partial charge on any atom is 0.293 e. The molecule has 1 saturated heterocycles. The molecule has 1 aliphatic rings. The van der Waals surface area contributed by atoms with E-state index in [1.54, 1.807) is 41.8 Å². The summed E-state index contributed by atoms with van der Waals surface area (Å²) in [6, 6.07) is 12.1. The van der Waals surface area contributed by atoms with Crippen LogP contribution in [-0.2, 0) is 0 Å². The van der Waals surface area contributed by atoms with Gasteiger partial charge in [-0.2, -0.15) is 0 Å². The molecule has 0 saturated carbocycles. The maximum absolute atomic E-state index is 12.6. The minimum atomic E-state index is -0.413. The number of thiazole rings is 1. The van der Waals surface area contributed by atoms with Gasteiger partial charge in [-0.1, -0.05) is 0 Å². The zero-order valence-corrected chi connectivity index (χ0v) is 16.5. The van der Waals surface area contributed by atoms with Gasteiger partial charge in [0.05, 0.1) is 4.92 Å². The maximum atomic E-state index is 12.6. The first-order valence-electron chi connectivity index (χ1n) is 9.46. The van der Waals surface area contributed by atoms with E-state index >= 15 is 0 Å². The number of benzene rings is 2. The van der Waals surface area contributed by atoms with Crippen molar-refractivity contribution in [2.75, 3.05) is 23.3 Å². The summed E-state index contributed by atoms with van der Waals surface area (Å²) in [7, 11) is 0. The van der Waals surface area contributed by atoms with Crippen LogP contribution < -0.4 is 10.2 Å². The standard InChI is InChI=1S/C21H20N4O3S/c26-20(23-17-7-4-15(5-8-17)21-22-10-13-29-21)16-6-9-18(19(14-16)25(27)28)24-11-2-1-3-12-24/h4-10,13-14H,1-3,11-12H2,(H,23,26). The van der Waals surface area contributed by atoms with E-state index in [2.05, 4.69) is 10.3 Å². The number of rotatable bonds is 5. The van der Waals surface area contributed by atoms with E-state index in [1.165, 1.54) is 6.07 Å². The van der Waals surface area contributed by atoms with E-state index in [9.17, 15) is 14.9 Å². The minimum Gasteiger partial charge on any atom is -0.366 e. The lowest BCUT2D eigenvalue weighted by Crippen LogP contribution is -2.30. The largest absolute Gasteiger partial charge is 0.366 e. The predicted molar refractivity (Wildman–Crippen MR) is 115 cm³/mol. The number of nitrogens with one attached hydrogen (secondary N) is 1. The first-order valence-corrected chi connectivity index (χ1v) is 10.3. The Morgan fingerprint density at radius 1 is 1.10 bits per heavy atom. The lowest BCUT2D eigenvalue weighted by Gasteiger charge is -2.28. The quantitative estimate of drug-likeness (QED) is 0.476. The van der Waals surface area contributed by atoms with Crippen molar-refractivity contribution in [3.63, 3.8) is 0 Å². The van der Waals surface area contributed by atoms with Gasteiger partial charge in [-0.15, -0.1) is 11.3 Å². The van der Waals surface area contributed by atoms with Crippen LogP contribution in [-0.4, -0.2) is 28.9 Å². The summed E-state index contributed by atoms with van der Waals surface area (Å²) in [5, 5.41) is 17.2. The van der Waals surface area contributed by atoms with Gasteiger partial charge in [-0.3, -0.25) is 14.9 Å². The van der Waals surface area contributed by atoms with Gasteiger partial charge < -0.3 is 10.2 Å². The van der Waals surface area contributed by atoms with Gasteiger partial charge in [-0.05, 0) is 55.7 Å². The van der Waals surface area contributed by atoms with E-state index in [0.717, 1.165) is 42.9 Å². The van der Waals surface area contributed by atoms with Gasteiger partial charge in [0.2, 0.25) is 0 Å². The highest BCUT2D eigenvalue weighted by Crippen LogP contribution is 2.31. The molecule has 7 nitrogen and oxygen atoms in total. The number of aromatic nitrogens is 1. The van der Waals surface area contributed by atoms with Gasteiger partial charge in [0.25, 0.3) is 11.6 Å². The molecule has 0 atom stereocenters. The second-order valence-electron chi connectivity index (χ2n) is 6.88. The van der Waals surface area contributed by atoms with Crippen molar-refractivity contribution in [3.8, 4) is 10.6 Å². The third-order valence-electron chi connectivity index (χ3n) is 4.95. The van der Waals surface area contributed by atoms with Crippen molar-refractivity contribution in [2.24, 2.45) is 0 Å². The molecule has 0 aliphatic carbocycles. The van der Waals surface area contributed by atoms with Crippen molar-refractivity contribution in [3.05, 3.63) is 69.7 Å². The van der Waals surface area contributed by atoms with Crippen molar-refractivity contribution < 1.29 is 9.72 Å². The van der Waals surface area contributed by atoms with E-state index in [0.29, 0.717) is 11.4 Å². The predicted octanol–water partition coefficient (Wildman–Crippen LogP) is 4.96. The Morgan fingerprint density at radius 2 is 1.86 bits per heavy atom. The Bertz CT molecular complexity index is 1010. The molecule has 1 aliphatic heterocycles. The molecule has 2 aromatic carbocycles. The number of hydrogen-bond donors (Lipinski definition) is 1. The molecule has 1 N–H and O–H groups in total. The number of nitro groups is 1. The number of hydrogen-bond acceptors (Lipinski definition) is 6. The smallest absolute Gasteiger partial charge is 0.293 e. The molecule has 0 spiro atoms. The van der Waals surface area contributed by atoms with Crippen LogP contribution in [0, 0.1) is 10.1 Å². The normalized spacial score (nSPS) is 13.9. The molecule has 29 heavy (non-hydrogen) atoms. The average Bonchev–Trinajstić information content (AvgIpc) is 3.29. The fourth-order valence-corrected chi connectivity index (χ4v) is 4.12. The van der Waals surface area contributed by atoms with Crippen LogP contribution in [0.2, 0.25) is 0 Å². The molecular formula is C21H20N4O3S. The highest BCUT2D eigenvalue weighted by Gasteiger charge is 2.23. The van der Waals surface area contributed by atoms with E-state index in [1.807, 2.05) is 22.4 Å². The summed E-state index contributed by atoms with van der Waals surface area (Å²) in [5.74, 6) is -0.375. The van der Waals surface area contributed by atoms with Crippen LogP contribution in [0.25, 0.3) is 10.6 Å².